The highest BCUT2D eigenvalue weighted by Gasteiger charge is 2.14. The molecule has 10 heteroatoms. The Morgan fingerprint density at radius 1 is 1.14 bits per heavy atom. The molecule has 0 bridgehead atoms. The smallest absolute Gasteiger partial charge is 0.343 e. The summed E-state index contributed by atoms with van der Waals surface area (Å²) >= 11 is 5.87. The fourth-order valence-electron chi connectivity index (χ4n) is 3.31. The Morgan fingerprint density at radius 3 is 2.59 bits per heavy atom. The molecule has 0 atom stereocenters. The molecule has 184 valence electrons. The van der Waals surface area contributed by atoms with Gasteiger partial charge in [0.1, 0.15) is 11.6 Å². The molecule has 4 rings (SSSR count). The van der Waals surface area contributed by atoms with E-state index in [1.807, 2.05) is 19.1 Å². The summed E-state index contributed by atoms with van der Waals surface area (Å²) in [5.41, 5.74) is 3.85. The minimum absolute atomic E-state index is 0.0673. The molecular formula is C27H20ClN5O4. The van der Waals surface area contributed by atoms with E-state index in [1.54, 1.807) is 66.7 Å². The second-order valence-corrected chi connectivity index (χ2v) is 7.96. The summed E-state index contributed by atoms with van der Waals surface area (Å²) in [6.45, 7) is 2.16. The highest BCUT2D eigenvalue weighted by molar-refractivity contribution is 6.30. The standard InChI is InChI=1S/C27H20ClN5O4/c1-2-36-23-14-17(8-13-22(23)37-26(35)19-9-11-20(28)12-10-19)16-30-33-27-31-24(18-6-4-3-5-7-18)21(15-29)25(34)32-27/h3-14,16H,2H2,1H3,(H2,31,32,33,34). The maximum absolute atomic E-state index is 12.5. The zero-order valence-electron chi connectivity index (χ0n) is 19.6. The molecule has 0 unspecified atom stereocenters. The van der Waals surface area contributed by atoms with Gasteiger partial charge in [-0.15, -0.1) is 0 Å². The lowest BCUT2D eigenvalue weighted by atomic mass is 10.1. The van der Waals surface area contributed by atoms with Crippen molar-refractivity contribution in [3.63, 3.8) is 0 Å². The van der Waals surface area contributed by atoms with Crippen molar-refractivity contribution in [3.05, 3.63) is 105 Å². The van der Waals surface area contributed by atoms with Gasteiger partial charge < -0.3 is 9.47 Å². The second kappa shape index (κ2) is 11.7. The van der Waals surface area contributed by atoms with Crippen LogP contribution >= 0.6 is 11.6 Å². The summed E-state index contributed by atoms with van der Waals surface area (Å²) in [6.07, 6.45) is 1.48. The van der Waals surface area contributed by atoms with Gasteiger partial charge in [0, 0.05) is 10.6 Å². The molecule has 0 aliphatic rings. The number of nitrogens with zero attached hydrogens (tertiary/aromatic N) is 3. The van der Waals surface area contributed by atoms with Crippen LogP contribution in [0.4, 0.5) is 5.95 Å². The van der Waals surface area contributed by atoms with Gasteiger partial charge in [0.25, 0.3) is 5.56 Å². The number of nitrogens with one attached hydrogen (secondary N) is 2. The molecule has 9 nitrogen and oxygen atoms in total. The molecule has 0 saturated heterocycles. The van der Waals surface area contributed by atoms with Crippen molar-refractivity contribution in [2.24, 2.45) is 5.10 Å². The first-order chi connectivity index (χ1) is 18.0. The van der Waals surface area contributed by atoms with Crippen molar-refractivity contribution >= 4 is 29.7 Å². The number of esters is 1. The van der Waals surface area contributed by atoms with E-state index in [4.69, 9.17) is 21.1 Å². The van der Waals surface area contributed by atoms with Crippen molar-refractivity contribution in [1.82, 2.24) is 9.97 Å². The molecule has 0 amide bonds. The Morgan fingerprint density at radius 2 is 1.89 bits per heavy atom. The van der Waals surface area contributed by atoms with E-state index in [1.165, 1.54) is 6.21 Å². The Kier molecular flexibility index (Phi) is 7.93. The van der Waals surface area contributed by atoms with E-state index in [-0.39, 0.29) is 23.0 Å². The summed E-state index contributed by atoms with van der Waals surface area (Å²) in [5, 5.41) is 14.0. The minimum Gasteiger partial charge on any atom is -0.490 e. The van der Waals surface area contributed by atoms with Crippen LogP contribution in [0.15, 0.2) is 82.7 Å². The molecule has 0 spiro atoms. The maximum atomic E-state index is 12.5. The molecule has 0 saturated carbocycles. The van der Waals surface area contributed by atoms with E-state index < -0.39 is 11.5 Å². The first-order valence-electron chi connectivity index (χ1n) is 11.1. The molecule has 0 aliphatic carbocycles. The molecule has 1 heterocycles. The summed E-state index contributed by atoms with van der Waals surface area (Å²) < 4.78 is 11.1. The lowest BCUT2D eigenvalue weighted by molar-refractivity contribution is 0.0728. The van der Waals surface area contributed by atoms with Crippen LogP contribution in [0.25, 0.3) is 11.3 Å². The third kappa shape index (κ3) is 6.20. The van der Waals surface area contributed by atoms with Crippen LogP contribution in [0.5, 0.6) is 11.5 Å². The summed E-state index contributed by atoms with van der Waals surface area (Å²) in [7, 11) is 0. The first-order valence-corrected chi connectivity index (χ1v) is 11.5. The topological polar surface area (TPSA) is 129 Å². The number of H-pyrrole nitrogens is 1. The van der Waals surface area contributed by atoms with Gasteiger partial charge in [-0.25, -0.2) is 15.2 Å². The highest BCUT2D eigenvalue weighted by atomic mass is 35.5. The van der Waals surface area contributed by atoms with Gasteiger partial charge in [-0.2, -0.15) is 10.4 Å². The number of benzene rings is 3. The number of halogens is 1. The number of ether oxygens (including phenoxy) is 2. The van der Waals surface area contributed by atoms with E-state index in [2.05, 4.69) is 20.5 Å². The molecule has 0 fully saturated rings. The Bertz CT molecular complexity index is 1540. The second-order valence-electron chi connectivity index (χ2n) is 7.52. The number of hydrogen-bond donors (Lipinski definition) is 2. The average molecular weight is 514 g/mol. The van der Waals surface area contributed by atoms with Crippen LogP contribution in [0.3, 0.4) is 0 Å². The van der Waals surface area contributed by atoms with Crippen molar-refractivity contribution < 1.29 is 14.3 Å². The van der Waals surface area contributed by atoms with Gasteiger partial charge in [0.05, 0.1) is 24.1 Å². The third-order valence-electron chi connectivity index (χ3n) is 5.01. The Balaban J connectivity index is 1.53. The lowest BCUT2D eigenvalue weighted by Gasteiger charge is -2.11. The predicted molar refractivity (Wildman–Crippen MR) is 140 cm³/mol. The van der Waals surface area contributed by atoms with Gasteiger partial charge >= 0.3 is 5.97 Å². The Hall–Kier alpha value is -4.94. The minimum atomic E-state index is -0.584. The molecule has 37 heavy (non-hydrogen) atoms. The first kappa shape index (κ1) is 25.2. The number of hydrogen-bond acceptors (Lipinski definition) is 8. The predicted octanol–water partition coefficient (Wildman–Crippen LogP) is 5.03. The van der Waals surface area contributed by atoms with E-state index in [0.29, 0.717) is 34.1 Å². The number of anilines is 1. The van der Waals surface area contributed by atoms with E-state index >= 15 is 0 Å². The van der Waals surface area contributed by atoms with Crippen molar-refractivity contribution in [3.8, 4) is 28.8 Å². The largest absolute Gasteiger partial charge is 0.490 e. The van der Waals surface area contributed by atoms with Gasteiger partial charge in [0.15, 0.2) is 11.5 Å². The highest BCUT2D eigenvalue weighted by Crippen LogP contribution is 2.29. The van der Waals surface area contributed by atoms with Crippen LogP contribution in [0.2, 0.25) is 5.02 Å². The fourth-order valence-corrected chi connectivity index (χ4v) is 3.43. The molecule has 1 aromatic heterocycles. The monoisotopic (exact) mass is 513 g/mol. The number of nitriles is 1. The number of carbonyl (C=O) groups is 1. The van der Waals surface area contributed by atoms with Gasteiger partial charge in [-0.05, 0) is 55.0 Å². The van der Waals surface area contributed by atoms with Crippen molar-refractivity contribution in [1.29, 1.82) is 5.26 Å². The van der Waals surface area contributed by atoms with Gasteiger partial charge in [-0.1, -0.05) is 41.9 Å². The molecule has 3 aromatic carbocycles. The SMILES string of the molecule is CCOc1cc(C=NNc2nc(-c3ccccc3)c(C#N)c(=O)[nH]2)ccc1OC(=O)c1ccc(Cl)cc1. The van der Waals surface area contributed by atoms with Crippen molar-refractivity contribution in [2.75, 3.05) is 12.0 Å². The number of rotatable bonds is 8. The normalized spacial score (nSPS) is 10.6. The number of carbonyl (C=O) groups excluding carboxylic acids is 1. The van der Waals surface area contributed by atoms with Crippen LogP contribution in [-0.2, 0) is 0 Å². The summed E-state index contributed by atoms with van der Waals surface area (Å²) in [5.74, 6) is 0.117. The lowest BCUT2D eigenvalue weighted by Crippen LogP contribution is -2.16. The van der Waals surface area contributed by atoms with Crippen LogP contribution in [0.1, 0.15) is 28.4 Å². The number of aromatic nitrogens is 2. The van der Waals surface area contributed by atoms with E-state index in [9.17, 15) is 14.9 Å². The zero-order chi connectivity index (χ0) is 26.2. The summed E-state index contributed by atoms with van der Waals surface area (Å²) in [4.78, 5) is 31.7. The van der Waals surface area contributed by atoms with Gasteiger partial charge in [-0.3, -0.25) is 9.78 Å². The number of aromatic amines is 1. The van der Waals surface area contributed by atoms with Crippen LogP contribution in [-0.4, -0.2) is 28.8 Å². The molecular weight excluding hydrogens is 494 g/mol. The van der Waals surface area contributed by atoms with E-state index in [0.717, 1.165) is 0 Å². The number of hydrazone groups is 1. The Labute approximate surface area is 217 Å². The van der Waals surface area contributed by atoms with Crippen LogP contribution < -0.4 is 20.5 Å². The molecule has 4 aromatic rings. The quantitative estimate of drug-likeness (QED) is 0.146. The summed E-state index contributed by atoms with van der Waals surface area (Å²) in [6, 6.07) is 22.1. The zero-order valence-corrected chi connectivity index (χ0v) is 20.3. The third-order valence-corrected chi connectivity index (χ3v) is 5.26. The van der Waals surface area contributed by atoms with Gasteiger partial charge in [0.2, 0.25) is 5.95 Å². The molecule has 2 N–H and O–H groups in total. The average Bonchev–Trinajstić information content (AvgIpc) is 2.91. The molecule has 0 radical (unpaired) electrons. The van der Waals surface area contributed by atoms with Crippen LogP contribution in [0, 0.1) is 11.3 Å². The van der Waals surface area contributed by atoms with Crippen molar-refractivity contribution in [2.45, 2.75) is 6.92 Å². The fraction of sp³-hybridized carbons (Fsp3) is 0.0741. The molecule has 0 aliphatic heterocycles. The maximum Gasteiger partial charge on any atom is 0.343 e.